The molecule has 1 atom stereocenters. The Balaban J connectivity index is 2.37. The van der Waals surface area contributed by atoms with Crippen LogP contribution in [0.1, 0.15) is 19.8 Å². The molecular weight excluding hydrogens is 233 g/mol. The average Bonchev–Trinajstić information content (AvgIpc) is 2.14. The van der Waals surface area contributed by atoms with E-state index in [1.165, 1.54) is 0 Å². The van der Waals surface area contributed by atoms with Crippen molar-refractivity contribution in [1.82, 2.24) is 0 Å². The third-order valence-corrected chi connectivity index (χ3v) is 2.49. The lowest BCUT2D eigenvalue weighted by molar-refractivity contribution is 0.303. The van der Waals surface area contributed by atoms with Crippen molar-refractivity contribution in [2.75, 3.05) is 6.61 Å². The topological polar surface area (TPSA) is 35.2 Å². The van der Waals surface area contributed by atoms with Crippen LogP contribution in [0.25, 0.3) is 0 Å². The van der Waals surface area contributed by atoms with E-state index in [1.807, 2.05) is 6.92 Å². The highest BCUT2D eigenvalue weighted by Crippen LogP contribution is 2.27. The van der Waals surface area contributed by atoms with Gasteiger partial charge in [-0.1, -0.05) is 23.2 Å². The Morgan fingerprint density at radius 3 is 2.73 bits per heavy atom. The smallest absolute Gasteiger partial charge is 0.137 e. The number of hydrogen-bond donors (Lipinski definition) is 1. The van der Waals surface area contributed by atoms with Crippen molar-refractivity contribution < 1.29 is 4.74 Å². The van der Waals surface area contributed by atoms with Gasteiger partial charge in [0.15, 0.2) is 0 Å². The van der Waals surface area contributed by atoms with E-state index in [0.717, 1.165) is 12.8 Å². The van der Waals surface area contributed by atoms with Crippen LogP contribution in [0.2, 0.25) is 10.0 Å². The highest BCUT2D eigenvalue weighted by molar-refractivity contribution is 6.35. The van der Waals surface area contributed by atoms with E-state index < -0.39 is 0 Å². The Hall–Kier alpha value is -0.440. The summed E-state index contributed by atoms with van der Waals surface area (Å²) >= 11 is 11.7. The molecule has 0 spiro atoms. The molecule has 1 aromatic rings. The third kappa shape index (κ3) is 4.74. The molecule has 0 saturated carbocycles. The fourth-order valence-corrected chi connectivity index (χ4v) is 1.64. The number of nitrogens with two attached hydrogens (primary N) is 1. The van der Waals surface area contributed by atoms with Gasteiger partial charge >= 0.3 is 0 Å². The van der Waals surface area contributed by atoms with Gasteiger partial charge in [-0.2, -0.15) is 0 Å². The number of benzene rings is 1. The monoisotopic (exact) mass is 247 g/mol. The molecule has 0 fully saturated rings. The average molecular weight is 248 g/mol. The summed E-state index contributed by atoms with van der Waals surface area (Å²) < 4.78 is 5.50. The molecule has 0 heterocycles. The van der Waals surface area contributed by atoms with E-state index in [1.54, 1.807) is 18.2 Å². The maximum Gasteiger partial charge on any atom is 0.137 e. The number of ether oxygens (including phenoxy) is 1. The largest absolute Gasteiger partial charge is 0.492 e. The standard InChI is InChI=1S/C11H15Cl2NO/c1-8(14)3-2-6-15-11-5-4-9(12)7-10(11)13/h4-5,7-8H,2-3,6,14H2,1H3. The summed E-state index contributed by atoms with van der Waals surface area (Å²) in [6, 6.07) is 5.42. The SMILES string of the molecule is CC(N)CCCOc1ccc(Cl)cc1Cl. The second-order valence-electron chi connectivity index (χ2n) is 3.54. The quantitative estimate of drug-likeness (QED) is 0.809. The van der Waals surface area contributed by atoms with Gasteiger partial charge < -0.3 is 10.5 Å². The van der Waals surface area contributed by atoms with Gasteiger partial charge in [-0.25, -0.2) is 0 Å². The van der Waals surface area contributed by atoms with Crippen molar-refractivity contribution in [3.63, 3.8) is 0 Å². The number of hydrogen-bond acceptors (Lipinski definition) is 2. The molecule has 0 radical (unpaired) electrons. The molecule has 1 unspecified atom stereocenters. The van der Waals surface area contributed by atoms with Crippen LogP contribution in [0.5, 0.6) is 5.75 Å². The van der Waals surface area contributed by atoms with Crippen LogP contribution in [-0.4, -0.2) is 12.6 Å². The summed E-state index contributed by atoms with van der Waals surface area (Å²) in [6.45, 7) is 2.61. The third-order valence-electron chi connectivity index (χ3n) is 1.96. The van der Waals surface area contributed by atoms with Crippen LogP contribution in [0, 0.1) is 0 Å². The fraction of sp³-hybridized carbons (Fsp3) is 0.455. The Morgan fingerprint density at radius 2 is 2.13 bits per heavy atom. The Kier molecular flexibility index (Phi) is 5.23. The van der Waals surface area contributed by atoms with Gasteiger partial charge in [0, 0.05) is 11.1 Å². The molecular formula is C11H15Cl2NO. The molecule has 4 heteroatoms. The van der Waals surface area contributed by atoms with E-state index in [4.69, 9.17) is 33.7 Å². The lowest BCUT2D eigenvalue weighted by Crippen LogP contribution is -2.15. The molecule has 1 aromatic carbocycles. The van der Waals surface area contributed by atoms with E-state index in [2.05, 4.69) is 0 Å². The predicted molar refractivity (Wildman–Crippen MR) is 64.8 cm³/mol. The minimum atomic E-state index is 0.217. The second kappa shape index (κ2) is 6.21. The molecule has 2 N–H and O–H groups in total. The summed E-state index contributed by atoms with van der Waals surface area (Å²) in [5.74, 6) is 0.672. The van der Waals surface area contributed by atoms with Crippen LogP contribution in [0.15, 0.2) is 18.2 Å². The predicted octanol–water partition coefficient (Wildman–Crippen LogP) is 3.50. The van der Waals surface area contributed by atoms with E-state index >= 15 is 0 Å². The minimum absolute atomic E-state index is 0.217. The van der Waals surface area contributed by atoms with Crippen LogP contribution in [0.3, 0.4) is 0 Å². The van der Waals surface area contributed by atoms with Gasteiger partial charge in [0.25, 0.3) is 0 Å². The highest BCUT2D eigenvalue weighted by Gasteiger charge is 2.02. The van der Waals surface area contributed by atoms with Crippen LogP contribution in [0.4, 0.5) is 0 Å². The summed E-state index contributed by atoms with van der Waals surface area (Å²) in [4.78, 5) is 0. The van der Waals surface area contributed by atoms with Gasteiger partial charge in [0.05, 0.1) is 11.6 Å². The summed E-state index contributed by atoms with van der Waals surface area (Å²) in [6.07, 6.45) is 1.88. The van der Waals surface area contributed by atoms with Crippen molar-refractivity contribution in [2.45, 2.75) is 25.8 Å². The maximum atomic E-state index is 5.94. The minimum Gasteiger partial charge on any atom is -0.492 e. The van der Waals surface area contributed by atoms with Gasteiger partial charge in [0.2, 0.25) is 0 Å². The first-order valence-electron chi connectivity index (χ1n) is 4.93. The van der Waals surface area contributed by atoms with Crippen LogP contribution < -0.4 is 10.5 Å². The Morgan fingerprint density at radius 1 is 1.40 bits per heavy atom. The van der Waals surface area contributed by atoms with Crippen molar-refractivity contribution in [2.24, 2.45) is 5.73 Å². The fourth-order valence-electron chi connectivity index (χ4n) is 1.18. The molecule has 0 amide bonds. The molecule has 0 saturated heterocycles. The summed E-state index contributed by atoms with van der Waals surface area (Å²) in [7, 11) is 0. The maximum absolute atomic E-state index is 5.94. The van der Waals surface area contributed by atoms with Gasteiger partial charge in [-0.3, -0.25) is 0 Å². The van der Waals surface area contributed by atoms with E-state index in [0.29, 0.717) is 22.4 Å². The van der Waals surface area contributed by atoms with Gasteiger partial charge in [0.1, 0.15) is 5.75 Å². The zero-order valence-corrected chi connectivity index (χ0v) is 10.2. The number of rotatable bonds is 5. The molecule has 0 aromatic heterocycles. The summed E-state index contributed by atoms with van der Waals surface area (Å²) in [5, 5.41) is 1.16. The molecule has 0 bridgehead atoms. The second-order valence-corrected chi connectivity index (χ2v) is 4.39. The van der Waals surface area contributed by atoms with Crippen LogP contribution in [-0.2, 0) is 0 Å². The van der Waals surface area contributed by atoms with Gasteiger partial charge in [-0.15, -0.1) is 0 Å². The first kappa shape index (κ1) is 12.6. The van der Waals surface area contributed by atoms with E-state index in [-0.39, 0.29) is 6.04 Å². The summed E-state index contributed by atoms with van der Waals surface area (Å²) in [5.41, 5.74) is 5.62. The van der Waals surface area contributed by atoms with Crippen molar-refractivity contribution in [3.05, 3.63) is 28.2 Å². The first-order valence-corrected chi connectivity index (χ1v) is 5.68. The van der Waals surface area contributed by atoms with Crippen molar-refractivity contribution in [1.29, 1.82) is 0 Å². The zero-order valence-electron chi connectivity index (χ0n) is 8.67. The molecule has 84 valence electrons. The van der Waals surface area contributed by atoms with Crippen molar-refractivity contribution in [3.8, 4) is 5.75 Å². The molecule has 0 aliphatic carbocycles. The molecule has 0 aliphatic rings. The lowest BCUT2D eigenvalue weighted by Gasteiger charge is -2.09. The van der Waals surface area contributed by atoms with Gasteiger partial charge in [-0.05, 0) is 38.0 Å². The number of halogens is 2. The van der Waals surface area contributed by atoms with Crippen LogP contribution >= 0.6 is 23.2 Å². The first-order chi connectivity index (χ1) is 7.09. The Labute approximate surface area is 100 Å². The molecule has 0 aliphatic heterocycles. The molecule has 1 rings (SSSR count). The molecule has 2 nitrogen and oxygen atoms in total. The van der Waals surface area contributed by atoms with E-state index in [9.17, 15) is 0 Å². The highest BCUT2D eigenvalue weighted by atomic mass is 35.5. The Bertz CT molecular complexity index is 315. The lowest BCUT2D eigenvalue weighted by atomic mass is 10.2. The van der Waals surface area contributed by atoms with Crippen molar-refractivity contribution >= 4 is 23.2 Å². The zero-order chi connectivity index (χ0) is 11.3. The molecule has 15 heavy (non-hydrogen) atoms. The normalized spacial score (nSPS) is 12.5.